The maximum absolute atomic E-state index is 13.1. The Hall–Kier alpha value is -1.48. The van der Waals surface area contributed by atoms with Crippen molar-refractivity contribution in [1.29, 1.82) is 0 Å². The van der Waals surface area contributed by atoms with E-state index < -0.39 is 0 Å². The van der Waals surface area contributed by atoms with E-state index in [1.165, 1.54) is 17.7 Å². The lowest BCUT2D eigenvalue weighted by Crippen LogP contribution is -2.11. The number of halogens is 1. The first-order valence-corrected chi connectivity index (χ1v) is 5.41. The lowest BCUT2D eigenvalue weighted by molar-refractivity contribution is 0.629. The van der Waals surface area contributed by atoms with Crippen molar-refractivity contribution in [2.24, 2.45) is 0 Å². The Morgan fingerprint density at radius 1 is 1.31 bits per heavy atom. The van der Waals surface area contributed by atoms with Crippen LogP contribution in [0.5, 0.6) is 0 Å². The van der Waals surface area contributed by atoms with Crippen LogP contribution in [0.15, 0.2) is 24.3 Å². The third kappa shape index (κ3) is 2.19. The van der Waals surface area contributed by atoms with Gasteiger partial charge in [-0.15, -0.1) is 0 Å². The Labute approximate surface area is 94.5 Å². The Kier molecular flexibility index (Phi) is 3.15. The number of nitrogens with zero attached hydrogens (tertiary/aromatic N) is 1. The van der Waals surface area contributed by atoms with E-state index >= 15 is 0 Å². The van der Waals surface area contributed by atoms with E-state index in [4.69, 9.17) is 0 Å². The van der Waals surface area contributed by atoms with Crippen molar-refractivity contribution >= 4 is 10.9 Å². The predicted molar refractivity (Wildman–Crippen MR) is 64.1 cm³/mol. The molecule has 0 amide bonds. The quantitative estimate of drug-likeness (QED) is 0.856. The summed E-state index contributed by atoms with van der Waals surface area (Å²) in [5.74, 6) is -0.210. The topological polar surface area (TPSA) is 24.9 Å². The van der Waals surface area contributed by atoms with Crippen LogP contribution in [0.1, 0.15) is 11.3 Å². The van der Waals surface area contributed by atoms with Crippen LogP contribution in [0, 0.1) is 12.7 Å². The predicted octanol–water partition coefficient (Wildman–Crippen LogP) is 2.44. The summed E-state index contributed by atoms with van der Waals surface area (Å²) in [5, 5.41) is 3.97. The Morgan fingerprint density at radius 2 is 2.12 bits per heavy atom. The van der Waals surface area contributed by atoms with Crippen molar-refractivity contribution in [2.75, 3.05) is 13.6 Å². The molecule has 0 radical (unpaired) electrons. The molecular formula is C13H15FN2. The molecule has 0 aliphatic rings. The van der Waals surface area contributed by atoms with E-state index in [1.807, 2.05) is 20.0 Å². The summed E-state index contributed by atoms with van der Waals surface area (Å²) in [4.78, 5) is 4.48. The summed E-state index contributed by atoms with van der Waals surface area (Å²) in [6.45, 7) is 2.90. The lowest BCUT2D eigenvalue weighted by atomic mass is 10.1. The molecule has 0 unspecified atom stereocenters. The standard InChI is InChI=1S/C13H15FN2/c1-9-10(5-6-15-2)7-11-8-12(14)3-4-13(11)16-9/h3-4,7-8,15H,5-6H2,1-2H3. The SMILES string of the molecule is CNCCc1cc2cc(F)ccc2nc1C. The van der Waals surface area contributed by atoms with Gasteiger partial charge in [0.2, 0.25) is 0 Å². The minimum Gasteiger partial charge on any atom is -0.319 e. The fraction of sp³-hybridized carbons (Fsp3) is 0.308. The summed E-state index contributed by atoms with van der Waals surface area (Å²) in [7, 11) is 1.92. The molecule has 0 aliphatic heterocycles. The molecule has 0 aliphatic carbocycles. The molecule has 16 heavy (non-hydrogen) atoms. The van der Waals surface area contributed by atoms with Crippen molar-refractivity contribution < 1.29 is 4.39 Å². The average Bonchev–Trinajstić information content (AvgIpc) is 2.27. The minimum atomic E-state index is -0.210. The first-order valence-electron chi connectivity index (χ1n) is 5.41. The van der Waals surface area contributed by atoms with Gasteiger partial charge in [0.15, 0.2) is 0 Å². The Bertz CT molecular complexity index is 509. The van der Waals surface area contributed by atoms with Crippen LogP contribution in [0.3, 0.4) is 0 Å². The van der Waals surface area contributed by atoms with E-state index in [0.29, 0.717) is 0 Å². The zero-order chi connectivity index (χ0) is 11.5. The second-order valence-electron chi connectivity index (χ2n) is 3.92. The van der Waals surface area contributed by atoms with Crippen LogP contribution in [-0.2, 0) is 6.42 Å². The van der Waals surface area contributed by atoms with E-state index in [2.05, 4.69) is 10.3 Å². The molecule has 1 heterocycles. The minimum absolute atomic E-state index is 0.210. The molecule has 2 nitrogen and oxygen atoms in total. The summed E-state index contributed by atoms with van der Waals surface area (Å²) in [6, 6.07) is 6.73. The van der Waals surface area contributed by atoms with E-state index in [9.17, 15) is 4.39 Å². The molecule has 1 aromatic heterocycles. The lowest BCUT2D eigenvalue weighted by Gasteiger charge is -2.07. The van der Waals surface area contributed by atoms with E-state index in [-0.39, 0.29) is 5.82 Å². The van der Waals surface area contributed by atoms with Crippen molar-refractivity contribution in [3.8, 4) is 0 Å². The van der Waals surface area contributed by atoms with Gasteiger partial charge < -0.3 is 5.32 Å². The zero-order valence-electron chi connectivity index (χ0n) is 9.55. The number of hydrogen-bond acceptors (Lipinski definition) is 2. The second-order valence-corrected chi connectivity index (χ2v) is 3.92. The summed E-state index contributed by atoms with van der Waals surface area (Å²) < 4.78 is 13.1. The average molecular weight is 218 g/mol. The summed E-state index contributed by atoms with van der Waals surface area (Å²) in [5.41, 5.74) is 3.05. The largest absolute Gasteiger partial charge is 0.319 e. The van der Waals surface area contributed by atoms with Crippen molar-refractivity contribution in [1.82, 2.24) is 10.3 Å². The number of hydrogen-bond donors (Lipinski definition) is 1. The van der Waals surface area contributed by atoms with Gasteiger partial charge in [-0.2, -0.15) is 0 Å². The normalized spacial score (nSPS) is 10.9. The molecule has 0 saturated carbocycles. The van der Waals surface area contributed by atoms with Gasteiger partial charge in [-0.1, -0.05) is 0 Å². The van der Waals surface area contributed by atoms with Gasteiger partial charge in [0.1, 0.15) is 5.82 Å². The van der Waals surface area contributed by atoms with Crippen molar-refractivity contribution in [2.45, 2.75) is 13.3 Å². The first kappa shape index (κ1) is 11.0. The molecule has 1 aromatic carbocycles. The maximum Gasteiger partial charge on any atom is 0.123 e. The van der Waals surface area contributed by atoms with Crippen LogP contribution in [-0.4, -0.2) is 18.6 Å². The highest BCUT2D eigenvalue weighted by Crippen LogP contribution is 2.17. The molecule has 0 spiro atoms. The number of aryl methyl sites for hydroxylation is 1. The second kappa shape index (κ2) is 4.58. The van der Waals surface area contributed by atoms with Gasteiger partial charge in [-0.05, 0) is 56.8 Å². The maximum atomic E-state index is 13.1. The molecule has 0 bridgehead atoms. The molecule has 2 aromatic rings. The number of fused-ring (bicyclic) bond motifs is 1. The highest BCUT2D eigenvalue weighted by molar-refractivity contribution is 5.79. The Morgan fingerprint density at radius 3 is 2.88 bits per heavy atom. The van der Waals surface area contributed by atoms with Crippen LogP contribution in [0.2, 0.25) is 0 Å². The number of rotatable bonds is 3. The monoisotopic (exact) mass is 218 g/mol. The number of benzene rings is 1. The fourth-order valence-electron chi connectivity index (χ4n) is 1.80. The highest BCUT2D eigenvalue weighted by atomic mass is 19.1. The van der Waals surface area contributed by atoms with Gasteiger partial charge in [0, 0.05) is 11.1 Å². The molecule has 0 atom stereocenters. The van der Waals surface area contributed by atoms with Gasteiger partial charge in [0.05, 0.1) is 5.52 Å². The highest BCUT2D eigenvalue weighted by Gasteiger charge is 2.03. The smallest absolute Gasteiger partial charge is 0.123 e. The Balaban J connectivity index is 2.46. The number of pyridine rings is 1. The number of likely N-dealkylation sites (N-methyl/N-ethyl adjacent to an activating group) is 1. The molecule has 0 saturated heterocycles. The van der Waals surface area contributed by atoms with Crippen molar-refractivity contribution in [3.05, 3.63) is 41.3 Å². The van der Waals surface area contributed by atoms with E-state index in [1.54, 1.807) is 6.07 Å². The molecule has 84 valence electrons. The van der Waals surface area contributed by atoms with E-state index in [0.717, 1.165) is 29.6 Å². The molecular weight excluding hydrogens is 203 g/mol. The summed E-state index contributed by atoms with van der Waals surface area (Å²) in [6.07, 6.45) is 0.918. The fourth-order valence-corrected chi connectivity index (χ4v) is 1.80. The first-order chi connectivity index (χ1) is 7.70. The van der Waals surface area contributed by atoms with Gasteiger partial charge in [-0.3, -0.25) is 4.98 Å². The third-order valence-corrected chi connectivity index (χ3v) is 2.72. The van der Waals surface area contributed by atoms with Crippen LogP contribution < -0.4 is 5.32 Å². The van der Waals surface area contributed by atoms with Crippen molar-refractivity contribution in [3.63, 3.8) is 0 Å². The van der Waals surface area contributed by atoms with Gasteiger partial charge in [-0.25, -0.2) is 4.39 Å². The molecule has 3 heteroatoms. The van der Waals surface area contributed by atoms with Gasteiger partial charge in [0.25, 0.3) is 0 Å². The number of nitrogens with one attached hydrogen (secondary N) is 1. The van der Waals surface area contributed by atoms with Crippen LogP contribution >= 0.6 is 0 Å². The van der Waals surface area contributed by atoms with Crippen LogP contribution in [0.25, 0.3) is 10.9 Å². The third-order valence-electron chi connectivity index (χ3n) is 2.72. The zero-order valence-corrected chi connectivity index (χ0v) is 9.55. The van der Waals surface area contributed by atoms with Crippen LogP contribution in [0.4, 0.5) is 4.39 Å². The summed E-state index contributed by atoms with van der Waals surface area (Å²) >= 11 is 0. The molecule has 2 rings (SSSR count). The molecule has 1 N–H and O–H groups in total. The number of aromatic nitrogens is 1. The van der Waals surface area contributed by atoms with Gasteiger partial charge >= 0.3 is 0 Å². The molecule has 0 fully saturated rings.